The lowest BCUT2D eigenvalue weighted by atomic mass is 9.79. The van der Waals surface area contributed by atoms with Crippen LogP contribution in [0.5, 0.6) is 0 Å². The van der Waals surface area contributed by atoms with E-state index in [0.717, 1.165) is 6.07 Å². The molecule has 1 aliphatic rings. The van der Waals surface area contributed by atoms with Crippen molar-refractivity contribution in [3.05, 3.63) is 70.8 Å². The van der Waals surface area contributed by atoms with Gasteiger partial charge in [0, 0.05) is 6.07 Å². The van der Waals surface area contributed by atoms with Crippen LogP contribution in [0, 0.1) is 11.6 Å². The molecule has 1 atom stereocenters. The predicted octanol–water partition coefficient (Wildman–Crippen LogP) is 4.49. The first-order valence-electron chi connectivity index (χ1n) is 7.26. The SMILES string of the molecule is CC(O)(c1ccc(C2CCC2)cc1)c1cc(F)cc(F)c1. The summed E-state index contributed by atoms with van der Waals surface area (Å²) in [7, 11) is 0. The van der Waals surface area contributed by atoms with Gasteiger partial charge < -0.3 is 5.11 Å². The van der Waals surface area contributed by atoms with Gasteiger partial charge in [-0.3, -0.25) is 0 Å². The Hall–Kier alpha value is -1.74. The average molecular weight is 288 g/mol. The van der Waals surface area contributed by atoms with Crippen LogP contribution >= 0.6 is 0 Å². The van der Waals surface area contributed by atoms with Crippen molar-refractivity contribution in [1.29, 1.82) is 0 Å². The average Bonchev–Trinajstić information content (AvgIpc) is 2.36. The van der Waals surface area contributed by atoms with Gasteiger partial charge in [0.05, 0.1) is 0 Å². The molecule has 1 aliphatic carbocycles. The standard InChI is InChI=1S/C18H18F2O/c1-18(21,15-9-16(19)11-17(20)10-15)14-7-5-13(6-8-14)12-3-2-4-12/h5-12,21H,2-4H2,1H3. The molecular formula is C18H18F2O. The van der Waals surface area contributed by atoms with Crippen molar-refractivity contribution in [3.8, 4) is 0 Å². The Labute approximate surface area is 123 Å². The zero-order valence-electron chi connectivity index (χ0n) is 11.9. The van der Waals surface area contributed by atoms with E-state index in [2.05, 4.69) is 0 Å². The fourth-order valence-electron chi connectivity index (χ4n) is 2.82. The van der Waals surface area contributed by atoms with Gasteiger partial charge in [-0.1, -0.05) is 30.7 Å². The summed E-state index contributed by atoms with van der Waals surface area (Å²) in [6.07, 6.45) is 3.70. The first kappa shape index (κ1) is 14.2. The topological polar surface area (TPSA) is 20.2 Å². The molecule has 1 fully saturated rings. The Morgan fingerprint density at radius 3 is 2.00 bits per heavy atom. The van der Waals surface area contributed by atoms with E-state index in [4.69, 9.17) is 0 Å². The van der Waals surface area contributed by atoms with Crippen LogP contribution in [0.25, 0.3) is 0 Å². The lowest BCUT2D eigenvalue weighted by molar-refractivity contribution is 0.101. The van der Waals surface area contributed by atoms with E-state index >= 15 is 0 Å². The second-order valence-electron chi connectivity index (χ2n) is 5.98. The Morgan fingerprint density at radius 2 is 1.52 bits per heavy atom. The molecule has 110 valence electrons. The third-order valence-electron chi connectivity index (χ3n) is 4.47. The van der Waals surface area contributed by atoms with Gasteiger partial charge >= 0.3 is 0 Å². The molecule has 0 amide bonds. The predicted molar refractivity (Wildman–Crippen MR) is 78.1 cm³/mol. The lowest BCUT2D eigenvalue weighted by Gasteiger charge is -2.28. The first-order chi connectivity index (χ1) is 9.96. The molecule has 0 spiro atoms. The maximum atomic E-state index is 13.3. The van der Waals surface area contributed by atoms with Gasteiger partial charge in [-0.15, -0.1) is 0 Å². The number of hydrogen-bond acceptors (Lipinski definition) is 1. The summed E-state index contributed by atoms with van der Waals surface area (Å²) in [5.74, 6) is -0.747. The van der Waals surface area contributed by atoms with Gasteiger partial charge in [0.15, 0.2) is 0 Å². The molecule has 0 bridgehead atoms. The van der Waals surface area contributed by atoms with Crippen LogP contribution in [0.2, 0.25) is 0 Å². The summed E-state index contributed by atoms with van der Waals surface area (Å²) in [6.45, 7) is 1.56. The molecule has 0 saturated heterocycles. The molecule has 1 N–H and O–H groups in total. The molecular weight excluding hydrogens is 270 g/mol. The van der Waals surface area contributed by atoms with Crippen molar-refractivity contribution in [2.45, 2.75) is 37.7 Å². The molecule has 0 heterocycles. The fourth-order valence-corrected chi connectivity index (χ4v) is 2.82. The van der Waals surface area contributed by atoms with Gasteiger partial charge in [0.1, 0.15) is 17.2 Å². The smallest absolute Gasteiger partial charge is 0.126 e. The zero-order valence-corrected chi connectivity index (χ0v) is 11.9. The molecule has 2 aromatic carbocycles. The lowest BCUT2D eigenvalue weighted by Crippen LogP contribution is -2.23. The van der Waals surface area contributed by atoms with Crippen molar-refractivity contribution in [2.24, 2.45) is 0 Å². The molecule has 21 heavy (non-hydrogen) atoms. The Kier molecular flexibility index (Phi) is 3.54. The van der Waals surface area contributed by atoms with Crippen molar-refractivity contribution < 1.29 is 13.9 Å². The summed E-state index contributed by atoms with van der Waals surface area (Å²) >= 11 is 0. The third kappa shape index (κ3) is 2.70. The van der Waals surface area contributed by atoms with E-state index in [1.165, 1.54) is 37.0 Å². The van der Waals surface area contributed by atoms with Crippen LogP contribution in [0.15, 0.2) is 42.5 Å². The van der Waals surface area contributed by atoms with Gasteiger partial charge in [0.2, 0.25) is 0 Å². The van der Waals surface area contributed by atoms with Gasteiger partial charge in [0.25, 0.3) is 0 Å². The second kappa shape index (κ2) is 5.23. The Balaban J connectivity index is 1.92. The van der Waals surface area contributed by atoms with Crippen LogP contribution in [-0.4, -0.2) is 5.11 Å². The third-order valence-corrected chi connectivity index (χ3v) is 4.47. The van der Waals surface area contributed by atoms with Gasteiger partial charge in [-0.2, -0.15) is 0 Å². The minimum Gasteiger partial charge on any atom is -0.381 e. The van der Waals surface area contributed by atoms with E-state index in [-0.39, 0.29) is 5.56 Å². The van der Waals surface area contributed by atoms with Crippen LogP contribution in [0.3, 0.4) is 0 Å². The molecule has 1 nitrogen and oxygen atoms in total. The maximum Gasteiger partial charge on any atom is 0.126 e. The number of rotatable bonds is 3. The van der Waals surface area contributed by atoms with E-state index in [9.17, 15) is 13.9 Å². The van der Waals surface area contributed by atoms with E-state index in [0.29, 0.717) is 11.5 Å². The molecule has 3 rings (SSSR count). The highest BCUT2D eigenvalue weighted by atomic mass is 19.1. The molecule has 1 unspecified atom stereocenters. The molecule has 0 aliphatic heterocycles. The van der Waals surface area contributed by atoms with Gasteiger partial charge in [-0.05, 0) is 54.5 Å². The molecule has 0 radical (unpaired) electrons. The van der Waals surface area contributed by atoms with Crippen LogP contribution in [0.4, 0.5) is 8.78 Å². The molecule has 0 aromatic heterocycles. The van der Waals surface area contributed by atoms with Crippen molar-refractivity contribution >= 4 is 0 Å². The quantitative estimate of drug-likeness (QED) is 0.882. The van der Waals surface area contributed by atoms with E-state index < -0.39 is 17.2 Å². The Bertz CT molecular complexity index is 623. The summed E-state index contributed by atoms with van der Waals surface area (Å²) in [6, 6.07) is 10.8. The summed E-state index contributed by atoms with van der Waals surface area (Å²) < 4.78 is 26.7. The summed E-state index contributed by atoms with van der Waals surface area (Å²) in [4.78, 5) is 0. The minimum atomic E-state index is -1.42. The number of halogens is 2. The Morgan fingerprint density at radius 1 is 0.952 bits per heavy atom. The second-order valence-corrected chi connectivity index (χ2v) is 5.98. The minimum absolute atomic E-state index is 0.219. The van der Waals surface area contributed by atoms with Crippen LogP contribution in [-0.2, 0) is 5.60 Å². The number of benzene rings is 2. The molecule has 3 heteroatoms. The summed E-state index contributed by atoms with van der Waals surface area (Å²) in [5, 5.41) is 10.7. The highest BCUT2D eigenvalue weighted by Crippen LogP contribution is 2.37. The normalized spacial score (nSPS) is 18.1. The van der Waals surface area contributed by atoms with E-state index in [1.807, 2.05) is 24.3 Å². The highest BCUT2D eigenvalue weighted by Gasteiger charge is 2.27. The van der Waals surface area contributed by atoms with Crippen molar-refractivity contribution in [2.75, 3.05) is 0 Å². The van der Waals surface area contributed by atoms with Crippen molar-refractivity contribution in [1.82, 2.24) is 0 Å². The largest absolute Gasteiger partial charge is 0.381 e. The molecule has 2 aromatic rings. The van der Waals surface area contributed by atoms with Crippen molar-refractivity contribution in [3.63, 3.8) is 0 Å². The monoisotopic (exact) mass is 288 g/mol. The number of aliphatic hydroxyl groups is 1. The zero-order chi connectivity index (χ0) is 15.0. The van der Waals surface area contributed by atoms with Crippen LogP contribution in [0.1, 0.15) is 48.8 Å². The fraction of sp³-hybridized carbons (Fsp3) is 0.333. The van der Waals surface area contributed by atoms with Gasteiger partial charge in [-0.25, -0.2) is 8.78 Å². The summed E-state index contributed by atoms with van der Waals surface area (Å²) in [5.41, 5.74) is 0.708. The van der Waals surface area contributed by atoms with Crippen LogP contribution < -0.4 is 0 Å². The van der Waals surface area contributed by atoms with E-state index in [1.54, 1.807) is 6.92 Å². The molecule has 1 saturated carbocycles. The first-order valence-corrected chi connectivity index (χ1v) is 7.26. The number of hydrogen-bond donors (Lipinski definition) is 1. The maximum absolute atomic E-state index is 13.3. The highest BCUT2D eigenvalue weighted by molar-refractivity contribution is 5.38.